The van der Waals surface area contributed by atoms with Gasteiger partial charge in [-0.1, -0.05) is 0 Å². The third kappa shape index (κ3) is 2.49. The Hall–Kier alpha value is 0.0182. The van der Waals surface area contributed by atoms with Crippen LogP contribution < -0.4 is 6.30 Å². The van der Waals surface area contributed by atoms with Crippen LogP contribution in [0.15, 0.2) is 12.1 Å². The summed E-state index contributed by atoms with van der Waals surface area (Å²) in [5.74, 6) is 0.146. The third-order valence-electron chi connectivity index (χ3n) is 1.92. The number of Topliss-reactive ketones (excluding diaryl/α,β-unsaturated/α-hetero) is 1. The molecule has 1 aromatic heterocycles. The number of thiophene rings is 1. The van der Waals surface area contributed by atoms with Crippen LogP contribution in [-0.4, -0.2) is 35.9 Å². The molecule has 4 heteroatoms. The van der Waals surface area contributed by atoms with Gasteiger partial charge in [0.1, 0.15) is 0 Å². The van der Waals surface area contributed by atoms with Crippen molar-refractivity contribution < 1.29 is 4.79 Å². The van der Waals surface area contributed by atoms with Crippen LogP contribution in [0.4, 0.5) is 0 Å². The second-order valence-electron chi connectivity index (χ2n) is 3.11. The van der Waals surface area contributed by atoms with E-state index in [-0.39, 0.29) is 5.78 Å². The minimum absolute atomic E-state index is 0.146. The summed E-state index contributed by atoms with van der Waals surface area (Å²) >= 11 is -0.750. The molecule has 0 fully saturated rings. The van der Waals surface area contributed by atoms with Crippen molar-refractivity contribution >= 4 is 43.0 Å². The van der Waals surface area contributed by atoms with Crippen molar-refractivity contribution in [2.75, 3.05) is 7.05 Å². The van der Waals surface area contributed by atoms with Crippen molar-refractivity contribution in [2.24, 2.45) is 0 Å². The molecule has 0 radical (unpaired) electrons. The van der Waals surface area contributed by atoms with Gasteiger partial charge in [-0.05, 0) is 0 Å². The van der Waals surface area contributed by atoms with Crippen LogP contribution >= 0.6 is 11.3 Å². The van der Waals surface area contributed by atoms with Crippen LogP contribution in [0.25, 0.3) is 0 Å². The fourth-order valence-electron chi connectivity index (χ4n) is 0.892. The molecule has 0 amide bonds. The van der Waals surface area contributed by atoms with E-state index >= 15 is 0 Å². The number of hydrogen-bond donors (Lipinski definition) is 1. The van der Waals surface area contributed by atoms with E-state index < -0.39 is 18.6 Å². The molecule has 2 nitrogen and oxygen atoms in total. The summed E-state index contributed by atoms with van der Waals surface area (Å²) in [5.41, 5.74) is 0. The molecular formula is C9H14NOSSb. The Bertz CT molecular complexity index is 369. The zero-order chi connectivity index (χ0) is 10.1. The van der Waals surface area contributed by atoms with Crippen LogP contribution in [-0.2, 0) is 0 Å². The van der Waals surface area contributed by atoms with Crippen LogP contribution in [0.1, 0.15) is 16.6 Å². The van der Waals surface area contributed by atoms with E-state index in [0.29, 0.717) is 0 Å². The Morgan fingerprint density at radius 1 is 1.62 bits per heavy atom. The Morgan fingerprint density at radius 2 is 2.23 bits per heavy atom. The predicted octanol–water partition coefficient (Wildman–Crippen LogP) is 0.966. The van der Waals surface area contributed by atoms with Crippen molar-refractivity contribution in [1.29, 1.82) is 0 Å². The molecule has 1 heterocycles. The summed E-state index contributed by atoms with van der Waals surface area (Å²) < 4.78 is 8.80. The summed E-state index contributed by atoms with van der Waals surface area (Å²) in [6, 6.07) is 3.94. The van der Waals surface area contributed by atoms with E-state index in [1.165, 1.54) is 2.82 Å². The van der Waals surface area contributed by atoms with Crippen LogP contribution in [0.3, 0.4) is 0 Å². The van der Waals surface area contributed by atoms with Gasteiger partial charge in [0.05, 0.1) is 0 Å². The molecule has 13 heavy (non-hydrogen) atoms. The summed E-state index contributed by atoms with van der Waals surface area (Å²) in [7, 11) is 1.95. The molecular weight excluding hydrogens is 292 g/mol. The van der Waals surface area contributed by atoms with Gasteiger partial charge in [0.15, 0.2) is 0 Å². The first-order valence-electron chi connectivity index (χ1n) is 3.98. The molecule has 0 aliphatic rings. The monoisotopic (exact) mass is 305 g/mol. The van der Waals surface area contributed by atoms with Gasteiger partial charge in [-0.2, -0.15) is 0 Å². The molecule has 0 spiro atoms. The third-order valence-corrected chi connectivity index (χ3v) is 12.4. The molecule has 1 atom stereocenters. The summed E-state index contributed by atoms with van der Waals surface area (Å²) in [4.78, 5) is 14.1. The fraction of sp³-hybridized carbons (Fsp3) is 0.333. The average molecular weight is 306 g/mol. The van der Waals surface area contributed by atoms with Gasteiger partial charge in [-0.3, -0.25) is 0 Å². The molecule has 1 rings (SSSR count). The Labute approximate surface area is 86.8 Å². The number of nitrogens with one attached hydrogen (secondary N) is 1. The van der Waals surface area contributed by atoms with Gasteiger partial charge < -0.3 is 0 Å². The number of ketones is 1. The van der Waals surface area contributed by atoms with Crippen LogP contribution in [0, 0.1) is 0 Å². The zero-order valence-corrected chi connectivity index (χ0v) is 11.5. The van der Waals surface area contributed by atoms with Crippen LogP contribution in [0.5, 0.6) is 0 Å². The molecule has 0 saturated carbocycles. The number of rotatable bonds is 3. The standard InChI is InChI=1S/C6H5OS.CH4N.CH3.CH2.Sb/c1-5(7)6-3-2-4-8-6;1-2;;;/h2-3H,1H3;2H,1H3;1H3;1H2;/q;-1;;;+1. The summed E-state index contributed by atoms with van der Waals surface area (Å²) in [5, 5.41) is 0. The van der Waals surface area contributed by atoms with Crippen LogP contribution in [0.2, 0.25) is 4.87 Å². The molecule has 1 N–H and O–H groups in total. The minimum atomic E-state index is -2.34. The molecule has 0 aliphatic carbocycles. The van der Waals surface area contributed by atoms with Crippen molar-refractivity contribution in [3.05, 3.63) is 17.0 Å². The topological polar surface area (TPSA) is 29.1 Å². The first-order chi connectivity index (χ1) is 5.97. The van der Waals surface area contributed by atoms with Gasteiger partial charge in [0.2, 0.25) is 0 Å². The SMILES string of the molecule is [CH2]=[Sb]([CH3])([NH]C)[c]1ccc(C(C)=O)s1. The average Bonchev–Trinajstić information content (AvgIpc) is 2.52. The van der Waals surface area contributed by atoms with E-state index in [9.17, 15) is 4.79 Å². The van der Waals surface area contributed by atoms with Gasteiger partial charge in [0, 0.05) is 0 Å². The number of hydrogen-bond acceptors (Lipinski definition) is 3. The van der Waals surface area contributed by atoms with Gasteiger partial charge in [-0.25, -0.2) is 0 Å². The van der Waals surface area contributed by atoms with E-state index in [4.69, 9.17) is 0 Å². The van der Waals surface area contributed by atoms with E-state index in [0.717, 1.165) is 4.88 Å². The maximum atomic E-state index is 11.1. The first-order valence-corrected chi connectivity index (χ1v) is 11.7. The molecule has 1 aromatic rings. The molecule has 0 bridgehead atoms. The Kier molecular flexibility index (Phi) is 3.44. The van der Waals surface area contributed by atoms with Gasteiger partial charge >= 0.3 is 87.1 Å². The molecule has 0 aromatic carbocycles. The van der Waals surface area contributed by atoms with Crippen molar-refractivity contribution in [1.82, 2.24) is 3.48 Å². The second-order valence-corrected chi connectivity index (χ2v) is 14.5. The van der Waals surface area contributed by atoms with E-state index in [1.54, 1.807) is 18.3 Å². The maximum absolute atomic E-state index is 11.1. The van der Waals surface area contributed by atoms with Gasteiger partial charge in [0.25, 0.3) is 0 Å². The van der Waals surface area contributed by atoms with E-state index in [1.807, 2.05) is 19.2 Å². The van der Waals surface area contributed by atoms with E-state index in [2.05, 4.69) is 12.8 Å². The fourth-order valence-corrected chi connectivity index (χ4v) is 6.70. The van der Waals surface area contributed by atoms with Gasteiger partial charge in [-0.15, -0.1) is 0 Å². The summed E-state index contributed by atoms with van der Waals surface area (Å²) in [6.07, 6.45) is 0. The molecule has 1 unspecified atom stereocenters. The molecule has 0 aliphatic heterocycles. The van der Waals surface area contributed by atoms with Crippen molar-refractivity contribution in [3.8, 4) is 0 Å². The second kappa shape index (κ2) is 4.03. The van der Waals surface area contributed by atoms with Crippen molar-refractivity contribution in [2.45, 2.75) is 11.8 Å². The first kappa shape index (κ1) is 11.1. The normalized spacial score (nSPS) is 15.3. The number of carbonyl (C=O) groups excluding carboxylic acids is 1. The summed E-state index contributed by atoms with van der Waals surface area (Å²) in [6.45, 7) is 1.60. The Morgan fingerprint density at radius 3 is 2.62 bits per heavy atom. The molecule has 0 saturated heterocycles. The quantitative estimate of drug-likeness (QED) is 0.666. The predicted molar refractivity (Wildman–Crippen MR) is 61.8 cm³/mol. The zero-order valence-electron chi connectivity index (χ0n) is 8.13. The van der Waals surface area contributed by atoms with Crippen molar-refractivity contribution in [3.63, 3.8) is 0 Å². The number of carbonyl (C=O) groups is 1. The Balaban J connectivity index is 3.05. The molecule has 72 valence electrons.